The molecule has 0 radical (unpaired) electrons. The maximum Gasteiger partial charge on any atom is 0.257 e. The lowest BCUT2D eigenvalue weighted by Gasteiger charge is -2.41. The molecule has 0 saturated carbocycles. The van der Waals surface area contributed by atoms with E-state index >= 15 is 0 Å². The van der Waals surface area contributed by atoms with Gasteiger partial charge in [-0.25, -0.2) is 0 Å². The summed E-state index contributed by atoms with van der Waals surface area (Å²) in [6, 6.07) is 0. The van der Waals surface area contributed by atoms with Gasteiger partial charge in [-0.05, 0) is 55.0 Å². The molecule has 1 heterocycles. The zero-order valence-electron chi connectivity index (χ0n) is 17.2. The molecule has 1 fully saturated rings. The number of rotatable bonds is 12. The van der Waals surface area contributed by atoms with Crippen LogP contribution in [0.15, 0.2) is 36.4 Å². The van der Waals surface area contributed by atoms with E-state index in [1.54, 1.807) is 0 Å². The standard InChI is InChI=1S/C22H40BNS/c1-6-9-11-16-25-17-12-10-14-21(13-7-2)23-20(4)18-22(5,15-8-3)19-24-23/h7,10,13-14,20,24H,2,6,8-9,11-12,15-19H2,1,3-5H3/b14-10-,21-13+. The van der Waals surface area contributed by atoms with Crippen molar-refractivity contribution in [1.82, 2.24) is 5.23 Å². The van der Waals surface area contributed by atoms with Crippen molar-refractivity contribution < 1.29 is 0 Å². The highest BCUT2D eigenvalue weighted by molar-refractivity contribution is 7.99. The van der Waals surface area contributed by atoms with Crippen molar-refractivity contribution in [1.29, 1.82) is 0 Å². The Balaban J connectivity index is 2.47. The van der Waals surface area contributed by atoms with Gasteiger partial charge < -0.3 is 5.23 Å². The molecule has 1 N–H and O–H groups in total. The first kappa shape index (κ1) is 22.6. The highest BCUT2D eigenvalue weighted by atomic mass is 32.2. The smallest absolute Gasteiger partial charge is 0.257 e. The van der Waals surface area contributed by atoms with Crippen molar-refractivity contribution in [2.24, 2.45) is 5.41 Å². The summed E-state index contributed by atoms with van der Waals surface area (Å²) >= 11 is 2.09. The van der Waals surface area contributed by atoms with Crippen LogP contribution < -0.4 is 5.23 Å². The topological polar surface area (TPSA) is 12.0 Å². The summed E-state index contributed by atoms with van der Waals surface area (Å²) in [7, 11) is 0. The van der Waals surface area contributed by atoms with Crippen LogP contribution in [0.2, 0.25) is 5.82 Å². The van der Waals surface area contributed by atoms with E-state index in [0.29, 0.717) is 18.1 Å². The SMILES string of the molecule is C=C/C=C(\C=C/CCSCCCCC)B1NCC(C)(CCC)CC1C. The first-order valence-corrected chi connectivity index (χ1v) is 11.5. The highest BCUT2D eigenvalue weighted by Crippen LogP contribution is 2.39. The van der Waals surface area contributed by atoms with Crippen LogP contribution in [0.3, 0.4) is 0 Å². The largest absolute Gasteiger partial charge is 0.351 e. The minimum atomic E-state index is 0.461. The Morgan fingerprint density at radius 3 is 2.72 bits per heavy atom. The van der Waals surface area contributed by atoms with Crippen LogP contribution in [-0.2, 0) is 0 Å². The van der Waals surface area contributed by atoms with Gasteiger partial charge in [0.05, 0.1) is 0 Å². The summed E-state index contributed by atoms with van der Waals surface area (Å²) < 4.78 is 0. The number of thioether (sulfide) groups is 1. The molecule has 0 aromatic heterocycles. The van der Waals surface area contributed by atoms with Gasteiger partial charge in [0.2, 0.25) is 0 Å². The third kappa shape index (κ3) is 8.68. The Bertz CT molecular complexity index is 432. The van der Waals surface area contributed by atoms with E-state index in [1.165, 1.54) is 61.9 Å². The fraction of sp³-hybridized carbons (Fsp3) is 0.727. The first-order valence-electron chi connectivity index (χ1n) is 10.4. The minimum absolute atomic E-state index is 0.461. The fourth-order valence-electron chi connectivity index (χ4n) is 4.09. The molecule has 2 atom stereocenters. The van der Waals surface area contributed by atoms with Crippen molar-refractivity contribution >= 4 is 18.6 Å². The molecular formula is C22H40BNS. The molecule has 1 aliphatic heterocycles. The normalized spacial score (nSPS) is 24.9. The summed E-state index contributed by atoms with van der Waals surface area (Å²) in [6.07, 6.45) is 18.0. The second kappa shape index (κ2) is 12.9. The number of nitrogens with one attached hydrogen (secondary N) is 1. The Kier molecular flexibility index (Phi) is 11.7. The molecule has 2 unspecified atom stereocenters. The van der Waals surface area contributed by atoms with E-state index in [1.807, 2.05) is 6.08 Å². The van der Waals surface area contributed by atoms with Crippen LogP contribution in [-0.4, -0.2) is 24.9 Å². The number of hydrogen-bond donors (Lipinski definition) is 1. The monoisotopic (exact) mass is 361 g/mol. The number of allylic oxidation sites excluding steroid dienone is 5. The average molecular weight is 361 g/mol. The molecule has 0 bridgehead atoms. The lowest BCUT2D eigenvalue weighted by atomic mass is 9.41. The van der Waals surface area contributed by atoms with E-state index in [4.69, 9.17) is 0 Å². The van der Waals surface area contributed by atoms with Crippen molar-refractivity contribution in [3.8, 4) is 0 Å². The molecule has 1 rings (SSSR count). The summed E-state index contributed by atoms with van der Waals surface area (Å²) in [5.41, 5.74) is 1.86. The van der Waals surface area contributed by atoms with Crippen LogP contribution >= 0.6 is 11.8 Å². The summed E-state index contributed by atoms with van der Waals surface area (Å²) in [6.45, 7) is 14.9. The molecule has 142 valence electrons. The van der Waals surface area contributed by atoms with Crippen LogP contribution in [0.1, 0.15) is 72.6 Å². The van der Waals surface area contributed by atoms with E-state index < -0.39 is 0 Å². The first-order chi connectivity index (χ1) is 12.1. The molecule has 0 aromatic carbocycles. The minimum Gasteiger partial charge on any atom is -0.351 e. The van der Waals surface area contributed by atoms with Gasteiger partial charge in [0.25, 0.3) is 6.85 Å². The van der Waals surface area contributed by atoms with Gasteiger partial charge in [-0.1, -0.05) is 83.3 Å². The summed E-state index contributed by atoms with van der Waals surface area (Å²) in [5.74, 6) is 3.22. The van der Waals surface area contributed by atoms with Gasteiger partial charge in [0, 0.05) is 0 Å². The average Bonchev–Trinajstić information content (AvgIpc) is 2.56. The zero-order valence-corrected chi connectivity index (χ0v) is 18.0. The maximum absolute atomic E-state index is 3.92. The Morgan fingerprint density at radius 2 is 2.08 bits per heavy atom. The molecule has 1 nitrogen and oxygen atoms in total. The summed E-state index contributed by atoms with van der Waals surface area (Å²) in [4.78, 5) is 0. The van der Waals surface area contributed by atoms with E-state index in [-0.39, 0.29) is 0 Å². The lowest BCUT2D eigenvalue weighted by Crippen LogP contribution is -2.51. The maximum atomic E-state index is 3.92. The number of unbranched alkanes of at least 4 members (excludes halogenated alkanes) is 2. The van der Waals surface area contributed by atoms with Gasteiger partial charge in [0.1, 0.15) is 0 Å². The molecular weight excluding hydrogens is 321 g/mol. The Morgan fingerprint density at radius 1 is 1.28 bits per heavy atom. The van der Waals surface area contributed by atoms with Gasteiger partial charge in [0.15, 0.2) is 0 Å². The van der Waals surface area contributed by atoms with Crippen LogP contribution in [0.4, 0.5) is 0 Å². The van der Waals surface area contributed by atoms with E-state index in [0.717, 1.165) is 6.54 Å². The van der Waals surface area contributed by atoms with Crippen molar-refractivity contribution in [2.75, 3.05) is 18.1 Å². The number of hydrogen-bond acceptors (Lipinski definition) is 2. The molecule has 1 aliphatic rings. The van der Waals surface area contributed by atoms with Gasteiger partial charge in [-0.15, -0.1) is 0 Å². The molecule has 0 aliphatic carbocycles. The third-order valence-corrected chi connectivity index (χ3v) is 6.39. The van der Waals surface area contributed by atoms with Crippen LogP contribution in [0, 0.1) is 5.41 Å². The molecule has 25 heavy (non-hydrogen) atoms. The molecule has 1 saturated heterocycles. The Hall–Kier alpha value is -0.405. The second-order valence-electron chi connectivity index (χ2n) is 8.01. The summed E-state index contributed by atoms with van der Waals surface area (Å²) in [5, 5.41) is 3.83. The van der Waals surface area contributed by atoms with E-state index in [9.17, 15) is 0 Å². The van der Waals surface area contributed by atoms with Crippen molar-refractivity contribution in [3.05, 3.63) is 36.4 Å². The quantitative estimate of drug-likeness (QED) is 0.236. The van der Waals surface area contributed by atoms with Crippen LogP contribution in [0.5, 0.6) is 0 Å². The van der Waals surface area contributed by atoms with Crippen LogP contribution in [0.25, 0.3) is 0 Å². The van der Waals surface area contributed by atoms with Gasteiger partial charge in [-0.3, -0.25) is 0 Å². The lowest BCUT2D eigenvalue weighted by molar-refractivity contribution is 0.251. The molecule has 3 heteroatoms. The predicted molar refractivity (Wildman–Crippen MR) is 120 cm³/mol. The van der Waals surface area contributed by atoms with Crippen molar-refractivity contribution in [3.63, 3.8) is 0 Å². The van der Waals surface area contributed by atoms with E-state index in [2.05, 4.69) is 69.5 Å². The highest BCUT2D eigenvalue weighted by Gasteiger charge is 2.37. The fourth-order valence-corrected chi connectivity index (χ4v) is 5.01. The molecule has 0 amide bonds. The zero-order chi connectivity index (χ0) is 18.5. The molecule has 0 aromatic rings. The van der Waals surface area contributed by atoms with Gasteiger partial charge in [-0.2, -0.15) is 11.8 Å². The van der Waals surface area contributed by atoms with Gasteiger partial charge >= 0.3 is 0 Å². The third-order valence-electron chi connectivity index (χ3n) is 5.29. The second-order valence-corrected chi connectivity index (χ2v) is 9.24. The molecule has 0 spiro atoms. The Labute approximate surface area is 162 Å². The predicted octanol–water partition coefficient (Wildman–Crippen LogP) is 6.69. The van der Waals surface area contributed by atoms with Crippen molar-refractivity contribution in [2.45, 2.75) is 78.5 Å².